The van der Waals surface area contributed by atoms with E-state index in [1.807, 2.05) is 97.1 Å². The van der Waals surface area contributed by atoms with Crippen LogP contribution in [0.4, 0.5) is 10.5 Å². The lowest BCUT2D eigenvalue weighted by atomic mass is 9.88. The number of fused-ring (bicyclic) bond motifs is 1. The van der Waals surface area contributed by atoms with Crippen LogP contribution in [0.2, 0.25) is 0 Å². The maximum atomic E-state index is 13.2. The Morgan fingerprint density at radius 1 is 0.931 bits per heavy atom. The van der Waals surface area contributed by atoms with Crippen molar-refractivity contribution in [2.24, 2.45) is 0 Å². The van der Waals surface area contributed by atoms with Gasteiger partial charge in [0.25, 0.3) is 0 Å². The highest BCUT2D eigenvalue weighted by Crippen LogP contribution is 2.35. The first-order valence-corrected chi connectivity index (χ1v) is 9.71. The summed E-state index contributed by atoms with van der Waals surface area (Å²) < 4.78 is 5.66. The molecular weight excluding hydrogens is 362 g/mol. The van der Waals surface area contributed by atoms with Gasteiger partial charge in [0, 0.05) is 5.92 Å². The molecule has 0 radical (unpaired) electrons. The van der Waals surface area contributed by atoms with Crippen LogP contribution in [0.5, 0.6) is 0 Å². The number of hydrogen-bond acceptors (Lipinski definition) is 3. The monoisotopic (exact) mass is 385 g/mol. The van der Waals surface area contributed by atoms with Crippen molar-refractivity contribution >= 4 is 17.9 Å². The van der Waals surface area contributed by atoms with Gasteiger partial charge in [-0.3, -0.25) is 4.90 Å². The standard InChI is InChI=1S/C25H23NO3/c27-17-22(20-11-5-2-6-12-20)24-16-15-21-13-7-8-14-23(21)26(24)25(28)29-18-19-9-3-1-4-10-19/h1-16,22,24,27H,17-18H2/t22-,24-/m0/s1. The summed E-state index contributed by atoms with van der Waals surface area (Å²) in [7, 11) is 0. The van der Waals surface area contributed by atoms with Gasteiger partial charge in [-0.25, -0.2) is 4.79 Å². The third-order valence-electron chi connectivity index (χ3n) is 5.21. The molecule has 2 atom stereocenters. The van der Waals surface area contributed by atoms with Crippen molar-refractivity contribution in [2.75, 3.05) is 11.5 Å². The van der Waals surface area contributed by atoms with E-state index in [2.05, 4.69) is 0 Å². The van der Waals surface area contributed by atoms with Gasteiger partial charge in [-0.2, -0.15) is 0 Å². The number of carbonyl (C=O) groups excluding carboxylic acids is 1. The number of ether oxygens (including phenoxy) is 1. The second kappa shape index (κ2) is 8.76. The lowest BCUT2D eigenvalue weighted by molar-refractivity contribution is 0.143. The summed E-state index contributed by atoms with van der Waals surface area (Å²) in [6.45, 7) is 0.119. The Morgan fingerprint density at radius 3 is 2.31 bits per heavy atom. The van der Waals surface area contributed by atoms with Gasteiger partial charge in [0.05, 0.1) is 18.3 Å². The normalized spacial score (nSPS) is 16.2. The number of anilines is 1. The molecule has 0 aliphatic carbocycles. The Kier molecular flexibility index (Phi) is 5.73. The van der Waals surface area contributed by atoms with Crippen molar-refractivity contribution in [2.45, 2.75) is 18.6 Å². The second-order valence-electron chi connectivity index (χ2n) is 7.02. The molecule has 3 aromatic carbocycles. The van der Waals surface area contributed by atoms with E-state index in [0.29, 0.717) is 0 Å². The van der Waals surface area contributed by atoms with Crippen LogP contribution >= 0.6 is 0 Å². The van der Waals surface area contributed by atoms with Gasteiger partial charge in [0.2, 0.25) is 0 Å². The van der Waals surface area contributed by atoms with E-state index in [4.69, 9.17) is 4.74 Å². The Morgan fingerprint density at radius 2 is 1.59 bits per heavy atom. The topological polar surface area (TPSA) is 49.8 Å². The zero-order chi connectivity index (χ0) is 20.1. The molecule has 1 aliphatic heterocycles. The summed E-state index contributed by atoms with van der Waals surface area (Å²) in [6.07, 6.45) is 3.55. The van der Waals surface area contributed by atoms with E-state index in [1.54, 1.807) is 4.90 Å². The van der Waals surface area contributed by atoms with Crippen molar-refractivity contribution in [3.63, 3.8) is 0 Å². The summed E-state index contributed by atoms with van der Waals surface area (Å²) in [5.41, 5.74) is 3.64. The van der Waals surface area contributed by atoms with Crippen LogP contribution in [-0.4, -0.2) is 23.8 Å². The maximum absolute atomic E-state index is 13.2. The first-order valence-electron chi connectivity index (χ1n) is 9.71. The molecule has 0 saturated heterocycles. The summed E-state index contributed by atoms with van der Waals surface area (Å²) >= 11 is 0. The first-order chi connectivity index (χ1) is 14.3. The van der Waals surface area contributed by atoms with Crippen LogP contribution in [0.3, 0.4) is 0 Å². The molecule has 4 heteroatoms. The van der Waals surface area contributed by atoms with Crippen molar-refractivity contribution in [3.05, 3.63) is 108 Å². The van der Waals surface area contributed by atoms with Crippen molar-refractivity contribution in [1.82, 2.24) is 0 Å². The van der Waals surface area contributed by atoms with Gasteiger partial charge >= 0.3 is 6.09 Å². The summed E-state index contributed by atoms with van der Waals surface area (Å²) in [5, 5.41) is 10.2. The molecule has 0 aromatic heterocycles. The van der Waals surface area contributed by atoms with Crippen LogP contribution in [0.25, 0.3) is 6.08 Å². The highest BCUT2D eigenvalue weighted by molar-refractivity contribution is 5.93. The summed E-state index contributed by atoms with van der Waals surface area (Å²) in [6, 6.07) is 26.8. The molecule has 0 saturated carbocycles. The Balaban J connectivity index is 1.65. The van der Waals surface area contributed by atoms with Gasteiger partial charge in [-0.1, -0.05) is 91.0 Å². The summed E-state index contributed by atoms with van der Waals surface area (Å²) in [4.78, 5) is 14.8. The van der Waals surface area contributed by atoms with Crippen LogP contribution < -0.4 is 4.90 Å². The van der Waals surface area contributed by atoms with E-state index in [9.17, 15) is 9.90 Å². The summed E-state index contributed by atoms with van der Waals surface area (Å²) in [5.74, 6) is -0.259. The van der Waals surface area contributed by atoms with Gasteiger partial charge in [0.15, 0.2) is 0 Å². The molecule has 0 spiro atoms. The minimum absolute atomic E-state index is 0.0797. The average molecular weight is 385 g/mol. The average Bonchev–Trinajstić information content (AvgIpc) is 2.79. The molecule has 0 unspecified atom stereocenters. The first kappa shape index (κ1) is 19.0. The third kappa shape index (κ3) is 4.08. The van der Waals surface area contributed by atoms with Crippen LogP contribution in [0, 0.1) is 0 Å². The Hall–Kier alpha value is -3.37. The zero-order valence-electron chi connectivity index (χ0n) is 16.0. The lowest BCUT2D eigenvalue weighted by Gasteiger charge is -2.37. The molecule has 1 amide bonds. The Bertz CT molecular complexity index is 985. The van der Waals surface area contributed by atoms with Gasteiger partial charge in [-0.05, 0) is 22.8 Å². The highest BCUT2D eigenvalue weighted by atomic mass is 16.6. The van der Waals surface area contributed by atoms with E-state index in [-0.39, 0.29) is 25.2 Å². The number of rotatable bonds is 5. The van der Waals surface area contributed by atoms with Gasteiger partial charge in [0.1, 0.15) is 6.61 Å². The number of nitrogens with zero attached hydrogens (tertiary/aromatic N) is 1. The van der Waals surface area contributed by atoms with Crippen LogP contribution in [0.1, 0.15) is 22.6 Å². The fourth-order valence-electron chi connectivity index (χ4n) is 3.73. The fourth-order valence-corrected chi connectivity index (χ4v) is 3.73. The molecule has 0 fully saturated rings. The van der Waals surface area contributed by atoms with E-state index in [1.165, 1.54) is 0 Å². The number of carbonyl (C=O) groups is 1. The third-order valence-corrected chi connectivity index (χ3v) is 5.21. The molecule has 1 heterocycles. The molecule has 4 rings (SSSR count). The molecule has 1 N–H and O–H groups in total. The van der Waals surface area contributed by atoms with Crippen molar-refractivity contribution in [1.29, 1.82) is 0 Å². The molecular formula is C25H23NO3. The SMILES string of the molecule is O=C(OCc1ccccc1)N1c2ccccc2C=C[C@H]1[C@@H](CO)c1ccccc1. The Labute approximate surface area is 170 Å². The number of benzene rings is 3. The van der Waals surface area contributed by atoms with Crippen molar-refractivity contribution < 1.29 is 14.6 Å². The number of aliphatic hydroxyl groups excluding tert-OH is 1. The molecule has 1 aliphatic rings. The minimum Gasteiger partial charge on any atom is -0.444 e. The molecule has 0 bridgehead atoms. The maximum Gasteiger partial charge on any atom is 0.415 e. The van der Waals surface area contributed by atoms with Gasteiger partial charge in [-0.15, -0.1) is 0 Å². The van der Waals surface area contributed by atoms with Crippen LogP contribution in [0.15, 0.2) is 91.0 Å². The smallest absolute Gasteiger partial charge is 0.415 e. The number of para-hydroxylation sites is 1. The highest BCUT2D eigenvalue weighted by Gasteiger charge is 2.35. The van der Waals surface area contributed by atoms with E-state index >= 15 is 0 Å². The van der Waals surface area contributed by atoms with Crippen LogP contribution in [-0.2, 0) is 11.3 Å². The van der Waals surface area contributed by atoms with E-state index in [0.717, 1.165) is 22.4 Å². The number of aliphatic hydroxyl groups is 1. The number of hydrogen-bond donors (Lipinski definition) is 1. The largest absolute Gasteiger partial charge is 0.444 e. The molecule has 3 aromatic rings. The second-order valence-corrected chi connectivity index (χ2v) is 7.02. The number of amides is 1. The fraction of sp³-hybridized carbons (Fsp3) is 0.160. The van der Waals surface area contributed by atoms with E-state index < -0.39 is 6.09 Å². The predicted octanol–water partition coefficient (Wildman–Crippen LogP) is 5.00. The molecule has 146 valence electrons. The molecule has 4 nitrogen and oxygen atoms in total. The zero-order valence-corrected chi connectivity index (χ0v) is 16.0. The lowest BCUT2D eigenvalue weighted by Crippen LogP contribution is -2.45. The molecule has 29 heavy (non-hydrogen) atoms. The predicted molar refractivity (Wildman–Crippen MR) is 115 cm³/mol. The quantitative estimate of drug-likeness (QED) is 0.672. The van der Waals surface area contributed by atoms with Gasteiger partial charge < -0.3 is 9.84 Å². The minimum atomic E-state index is -0.426. The van der Waals surface area contributed by atoms with Crippen molar-refractivity contribution in [3.8, 4) is 0 Å².